The molecule has 0 saturated heterocycles. The summed E-state index contributed by atoms with van der Waals surface area (Å²) in [5, 5.41) is 3.45. The van der Waals surface area contributed by atoms with E-state index >= 15 is 0 Å². The maximum Gasteiger partial charge on any atom is 0.263 e. The van der Waals surface area contributed by atoms with Crippen LogP contribution in [0, 0.1) is 6.92 Å². The average molecular weight is 328 g/mol. The van der Waals surface area contributed by atoms with Crippen molar-refractivity contribution in [1.82, 2.24) is 20.3 Å². The van der Waals surface area contributed by atoms with E-state index in [-0.39, 0.29) is 18.3 Å². The smallest absolute Gasteiger partial charge is 0.263 e. The predicted octanol–water partition coefficient (Wildman–Crippen LogP) is 1.80. The maximum absolute atomic E-state index is 12.1. The molecule has 0 fully saturated rings. The fourth-order valence-corrected chi connectivity index (χ4v) is 2.43. The van der Waals surface area contributed by atoms with Gasteiger partial charge in [-0.2, -0.15) is 0 Å². The molecule has 0 atom stereocenters. The summed E-state index contributed by atoms with van der Waals surface area (Å²) in [6.07, 6.45) is 3.30. The lowest BCUT2D eigenvalue weighted by atomic mass is 10.1. The monoisotopic (exact) mass is 327 g/mol. The molecule has 114 valence electrons. The molecule has 21 heavy (non-hydrogen) atoms. The molecular weight excluding hydrogens is 310 g/mol. The van der Waals surface area contributed by atoms with Gasteiger partial charge in [0.15, 0.2) is 10.8 Å². The van der Waals surface area contributed by atoms with Gasteiger partial charge in [0, 0.05) is 24.5 Å². The van der Waals surface area contributed by atoms with E-state index in [2.05, 4.69) is 20.3 Å². The number of thiazole rings is 1. The summed E-state index contributed by atoms with van der Waals surface area (Å²) in [6.45, 7) is 5.91. The highest BCUT2D eigenvalue weighted by Gasteiger charge is 2.19. The molecule has 3 N–H and O–H groups in total. The third-order valence-electron chi connectivity index (χ3n) is 2.46. The van der Waals surface area contributed by atoms with Crippen LogP contribution in [0.1, 0.15) is 29.2 Å². The third-order valence-corrected chi connectivity index (χ3v) is 3.62. The molecule has 8 heteroatoms. The van der Waals surface area contributed by atoms with Crippen LogP contribution < -0.4 is 11.1 Å². The fourth-order valence-electron chi connectivity index (χ4n) is 1.50. The molecule has 0 aliphatic heterocycles. The third kappa shape index (κ3) is 4.73. The Hall–Kier alpha value is -1.57. The lowest BCUT2D eigenvalue weighted by molar-refractivity contribution is 0.0949. The second-order valence-electron chi connectivity index (χ2n) is 5.18. The number of aryl methyl sites for hydroxylation is 1. The molecule has 2 heterocycles. The van der Waals surface area contributed by atoms with Gasteiger partial charge in [-0.1, -0.05) is 0 Å². The number of halogens is 1. The zero-order valence-corrected chi connectivity index (χ0v) is 13.7. The summed E-state index contributed by atoms with van der Waals surface area (Å²) < 4.78 is 0. The highest BCUT2D eigenvalue weighted by molar-refractivity contribution is 7.17. The van der Waals surface area contributed by atoms with Crippen LogP contribution in [0.15, 0.2) is 18.5 Å². The first kappa shape index (κ1) is 17.5. The molecule has 2 aromatic rings. The number of rotatable bonds is 4. The van der Waals surface area contributed by atoms with E-state index in [1.54, 1.807) is 25.4 Å². The van der Waals surface area contributed by atoms with Gasteiger partial charge in [-0.25, -0.2) is 15.0 Å². The first-order chi connectivity index (χ1) is 9.37. The van der Waals surface area contributed by atoms with Crippen molar-refractivity contribution < 1.29 is 4.79 Å². The number of carbonyl (C=O) groups is 1. The van der Waals surface area contributed by atoms with Crippen molar-refractivity contribution in [3.63, 3.8) is 0 Å². The lowest BCUT2D eigenvalue weighted by Crippen LogP contribution is -2.45. The topological polar surface area (TPSA) is 93.8 Å². The van der Waals surface area contributed by atoms with Crippen molar-refractivity contribution in [3.05, 3.63) is 29.0 Å². The maximum atomic E-state index is 12.1. The van der Waals surface area contributed by atoms with E-state index in [4.69, 9.17) is 5.73 Å². The second kappa shape index (κ2) is 6.93. The lowest BCUT2D eigenvalue weighted by Gasteiger charge is -2.18. The summed E-state index contributed by atoms with van der Waals surface area (Å²) in [6, 6.07) is 1.74. The Morgan fingerprint density at radius 1 is 1.38 bits per heavy atom. The summed E-state index contributed by atoms with van der Waals surface area (Å²) >= 11 is 1.28. The second-order valence-corrected chi connectivity index (χ2v) is 6.18. The molecule has 0 aliphatic rings. The van der Waals surface area contributed by atoms with Gasteiger partial charge in [0.25, 0.3) is 5.91 Å². The van der Waals surface area contributed by atoms with Crippen molar-refractivity contribution in [2.24, 2.45) is 5.73 Å². The molecule has 0 saturated carbocycles. The highest BCUT2D eigenvalue weighted by Crippen LogP contribution is 2.24. The predicted molar refractivity (Wildman–Crippen MR) is 85.7 cm³/mol. The van der Waals surface area contributed by atoms with Gasteiger partial charge in [-0.3, -0.25) is 4.79 Å². The normalized spacial score (nSPS) is 10.9. The molecule has 1 amide bonds. The van der Waals surface area contributed by atoms with E-state index in [1.165, 1.54) is 11.3 Å². The zero-order chi connectivity index (χ0) is 14.8. The summed E-state index contributed by atoms with van der Waals surface area (Å²) in [5.74, 6) is 0.361. The first-order valence-electron chi connectivity index (χ1n) is 6.19. The van der Waals surface area contributed by atoms with Crippen LogP contribution >= 0.6 is 23.7 Å². The molecule has 2 rings (SSSR count). The fraction of sp³-hybridized carbons (Fsp3) is 0.385. The van der Waals surface area contributed by atoms with Crippen molar-refractivity contribution in [3.8, 4) is 10.8 Å². The minimum atomic E-state index is -0.445. The van der Waals surface area contributed by atoms with E-state index in [1.807, 2.05) is 13.8 Å². The standard InChI is InChI=1S/C13H17N5OS.ClH/c1-8-9(11(19)17-7-13(2,3)14)20-12(18-8)10-15-5-4-6-16-10;/h4-6H,7,14H2,1-3H3,(H,17,19);1H. The highest BCUT2D eigenvalue weighted by atomic mass is 35.5. The number of nitrogens with zero attached hydrogens (tertiary/aromatic N) is 3. The number of nitrogens with one attached hydrogen (secondary N) is 1. The summed E-state index contributed by atoms with van der Waals surface area (Å²) in [7, 11) is 0. The molecule has 0 radical (unpaired) electrons. The Balaban J connectivity index is 0.00000220. The van der Waals surface area contributed by atoms with Gasteiger partial charge < -0.3 is 11.1 Å². The molecular formula is C13H18ClN5OS. The van der Waals surface area contributed by atoms with E-state index < -0.39 is 5.54 Å². The molecule has 0 unspecified atom stereocenters. The van der Waals surface area contributed by atoms with Crippen molar-refractivity contribution in [1.29, 1.82) is 0 Å². The number of amides is 1. The molecule has 0 spiro atoms. The summed E-state index contributed by atoms with van der Waals surface area (Å²) in [5.41, 5.74) is 6.08. The number of nitrogens with two attached hydrogens (primary N) is 1. The number of aromatic nitrogens is 3. The zero-order valence-electron chi connectivity index (χ0n) is 12.1. The molecule has 0 bridgehead atoms. The van der Waals surface area contributed by atoms with Gasteiger partial charge in [-0.15, -0.1) is 23.7 Å². The van der Waals surface area contributed by atoms with E-state index in [0.29, 0.717) is 27.9 Å². The minimum Gasteiger partial charge on any atom is -0.349 e. The van der Waals surface area contributed by atoms with Crippen LogP contribution in [0.3, 0.4) is 0 Å². The van der Waals surface area contributed by atoms with Crippen molar-refractivity contribution in [2.45, 2.75) is 26.3 Å². The van der Waals surface area contributed by atoms with Gasteiger partial charge in [-0.05, 0) is 26.8 Å². The quantitative estimate of drug-likeness (QED) is 0.893. The van der Waals surface area contributed by atoms with Crippen molar-refractivity contribution >= 4 is 29.7 Å². The summed E-state index contributed by atoms with van der Waals surface area (Å²) in [4.78, 5) is 25.3. The van der Waals surface area contributed by atoms with Gasteiger partial charge >= 0.3 is 0 Å². The average Bonchev–Trinajstić information content (AvgIpc) is 2.78. The SMILES string of the molecule is Cc1nc(-c2ncccn2)sc1C(=O)NCC(C)(C)N.Cl. The first-order valence-corrected chi connectivity index (χ1v) is 7.00. The molecule has 6 nitrogen and oxygen atoms in total. The van der Waals surface area contributed by atoms with Gasteiger partial charge in [0.2, 0.25) is 0 Å². The Bertz CT molecular complexity index is 609. The Morgan fingerprint density at radius 3 is 2.57 bits per heavy atom. The largest absolute Gasteiger partial charge is 0.349 e. The number of hydrogen-bond acceptors (Lipinski definition) is 6. The van der Waals surface area contributed by atoms with E-state index in [0.717, 1.165) is 0 Å². The Morgan fingerprint density at radius 2 is 2.00 bits per heavy atom. The minimum absolute atomic E-state index is 0. The van der Waals surface area contributed by atoms with E-state index in [9.17, 15) is 4.79 Å². The number of hydrogen-bond donors (Lipinski definition) is 2. The Kier molecular flexibility index (Phi) is 5.77. The molecule has 0 aromatic carbocycles. The number of carbonyl (C=O) groups excluding carboxylic acids is 1. The van der Waals surface area contributed by atoms with Crippen LogP contribution in [0.4, 0.5) is 0 Å². The molecule has 2 aromatic heterocycles. The van der Waals surface area contributed by atoms with Gasteiger partial charge in [0.1, 0.15) is 4.88 Å². The molecule has 0 aliphatic carbocycles. The van der Waals surface area contributed by atoms with Crippen LogP contribution in [-0.4, -0.2) is 32.9 Å². The van der Waals surface area contributed by atoms with Crippen molar-refractivity contribution in [2.75, 3.05) is 6.54 Å². The Labute approximate surface area is 133 Å². The van der Waals surface area contributed by atoms with Crippen LogP contribution in [0.5, 0.6) is 0 Å². The van der Waals surface area contributed by atoms with Crippen LogP contribution in [-0.2, 0) is 0 Å². The van der Waals surface area contributed by atoms with Crippen LogP contribution in [0.25, 0.3) is 10.8 Å². The van der Waals surface area contributed by atoms with Crippen LogP contribution in [0.2, 0.25) is 0 Å². The van der Waals surface area contributed by atoms with Gasteiger partial charge in [0.05, 0.1) is 5.69 Å².